The maximum Gasteiger partial charge on any atom is 0.679 e. The largest absolute Gasteiger partial charge is 0.679 e. The Labute approximate surface area is 238 Å². The SMILES string of the molecule is COc1ccc(-c2cc(-c3ccccc3)n(B(F)F)c2/N=C2\N=C(c3ccccc3)C=C2c2ccc(C)cc2)cc1. The number of hydrogen-bond acceptors (Lipinski definition) is 2. The van der Waals surface area contributed by atoms with Crippen LogP contribution in [0.15, 0.2) is 131 Å². The lowest BCUT2D eigenvalue weighted by molar-refractivity contribution is 0.415. The van der Waals surface area contributed by atoms with Gasteiger partial charge in [-0.3, -0.25) is 8.63 Å². The van der Waals surface area contributed by atoms with Crippen molar-refractivity contribution in [3.05, 3.63) is 138 Å². The number of aromatic nitrogens is 1. The number of hydrogen-bond donors (Lipinski definition) is 0. The molecule has 0 atom stereocenters. The van der Waals surface area contributed by atoms with Crippen molar-refractivity contribution < 1.29 is 13.4 Å². The van der Waals surface area contributed by atoms with E-state index in [1.54, 1.807) is 13.2 Å². The molecule has 0 radical (unpaired) electrons. The average Bonchev–Trinajstić information content (AvgIpc) is 3.61. The molecule has 0 bridgehead atoms. The van der Waals surface area contributed by atoms with Crippen molar-refractivity contribution in [2.75, 3.05) is 7.11 Å². The van der Waals surface area contributed by atoms with Crippen molar-refractivity contribution in [3.63, 3.8) is 0 Å². The Morgan fingerprint density at radius 2 is 1.34 bits per heavy atom. The van der Waals surface area contributed by atoms with E-state index in [0.717, 1.165) is 38.0 Å². The Bertz CT molecular complexity index is 1770. The first-order valence-electron chi connectivity index (χ1n) is 13.3. The highest BCUT2D eigenvalue weighted by Crippen LogP contribution is 2.41. The molecule has 1 aliphatic rings. The topological polar surface area (TPSA) is 38.9 Å². The van der Waals surface area contributed by atoms with Crippen LogP contribution in [0.2, 0.25) is 0 Å². The van der Waals surface area contributed by atoms with E-state index in [0.29, 0.717) is 28.4 Å². The van der Waals surface area contributed by atoms with Gasteiger partial charge in [-0.25, -0.2) is 9.98 Å². The summed E-state index contributed by atoms with van der Waals surface area (Å²) in [6, 6.07) is 36.1. The number of nitrogens with zero attached hydrogens (tertiary/aromatic N) is 3. The summed E-state index contributed by atoms with van der Waals surface area (Å²) in [4.78, 5) is 9.79. The van der Waals surface area contributed by atoms with Gasteiger partial charge in [-0.2, -0.15) is 0 Å². The van der Waals surface area contributed by atoms with Gasteiger partial charge in [0.25, 0.3) is 0 Å². The molecule has 0 aliphatic carbocycles. The standard InChI is InChI=1S/C34H26BF2N3O/c1-23-13-15-24(16-14-23)29-21-31(26-9-5-3-6-10-26)38-33(29)39-34-30(25-17-19-28(41-2)20-18-25)22-32(40(34)35(36)37)27-11-7-4-8-12-27/h3-22H,1-2H3/b39-33-. The molecule has 0 saturated carbocycles. The summed E-state index contributed by atoms with van der Waals surface area (Å²) in [5.74, 6) is 1.19. The number of aryl methyl sites for hydroxylation is 1. The zero-order chi connectivity index (χ0) is 28.3. The number of methoxy groups -OCH3 is 1. The van der Waals surface area contributed by atoms with Gasteiger partial charge >= 0.3 is 7.40 Å². The number of aliphatic imine (C=N–C) groups is 2. The molecule has 7 heteroatoms. The summed E-state index contributed by atoms with van der Waals surface area (Å²) in [6.07, 6.45) is 1.97. The molecule has 41 heavy (non-hydrogen) atoms. The molecule has 0 spiro atoms. The molecule has 0 fully saturated rings. The number of amidine groups is 1. The fourth-order valence-electron chi connectivity index (χ4n) is 4.94. The highest BCUT2D eigenvalue weighted by molar-refractivity contribution is 6.43. The van der Waals surface area contributed by atoms with Crippen LogP contribution >= 0.6 is 0 Å². The third-order valence-corrected chi connectivity index (χ3v) is 7.07. The molecule has 1 aromatic heterocycles. The van der Waals surface area contributed by atoms with Gasteiger partial charge in [0, 0.05) is 22.4 Å². The minimum atomic E-state index is -2.83. The van der Waals surface area contributed by atoms with Gasteiger partial charge in [-0.05, 0) is 47.9 Å². The molecule has 0 saturated heterocycles. The van der Waals surface area contributed by atoms with Crippen LogP contribution in [0.5, 0.6) is 5.75 Å². The van der Waals surface area contributed by atoms with E-state index in [1.807, 2.05) is 122 Å². The van der Waals surface area contributed by atoms with Gasteiger partial charge < -0.3 is 9.21 Å². The molecule has 1 aliphatic heterocycles. The Morgan fingerprint density at radius 1 is 0.732 bits per heavy atom. The monoisotopic (exact) mass is 541 g/mol. The summed E-state index contributed by atoms with van der Waals surface area (Å²) in [6.45, 7) is 2.02. The smallest absolute Gasteiger partial charge is 0.497 e. The summed E-state index contributed by atoms with van der Waals surface area (Å²) in [7, 11) is -1.24. The maximum atomic E-state index is 14.9. The lowest BCUT2D eigenvalue weighted by Gasteiger charge is -2.11. The third kappa shape index (κ3) is 5.26. The number of ether oxygens (including phenoxy) is 1. The molecule has 4 aromatic carbocycles. The molecular formula is C34H26BF2N3O. The van der Waals surface area contributed by atoms with Crippen LogP contribution in [0.4, 0.5) is 14.4 Å². The Hall–Kier alpha value is -5.04. The van der Waals surface area contributed by atoms with Crippen molar-refractivity contribution >= 4 is 30.3 Å². The summed E-state index contributed by atoms with van der Waals surface area (Å²) in [5, 5.41) is 0. The van der Waals surface area contributed by atoms with E-state index in [2.05, 4.69) is 0 Å². The molecule has 0 amide bonds. The minimum Gasteiger partial charge on any atom is -0.497 e. The first kappa shape index (κ1) is 26.2. The van der Waals surface area contributed by atoms with E-state index < -0.39 is 7.40 Å². The van der Waals surface area contributed by atoms with Crippen molar-refractivity contribution in [3.8, 4) is 28.1 Å². The Kier molecular flexibility index (Phi) is 7.17. The van der Waals surface area contributed by atoms with Gasteiger partial charge in [0.15, 0.2) is 5.84 Å². The lowest BCUT2D eigenvalue weighted by Crippen LogP contribution is -2.14. The second-order valence-electron chi connectivity index (χ2n) is 9.73. The number of allylic oxidation sites excluding steroid dienone is 1. The van der Waals surface area contributed by atoms with E-state index in [4.69, 9.17) is 14.7 Å². The minimum absolute atomic E-state index is 0.134. The molecule has 4 nitrogen and oxygen atoms in total. The fraction of sp³-hybridized carbons (Fsp3) is 0.0588. The Balaban J connectivity index is 1.60. The first-order valence-corrected chi connectivity index (χ1v) is 13.3. The molecule has 2 heterocycles. The second kappa shape index (κ2) is 11.2. The fourth-order valence-corrected chi connectivity index (χ4v) is 4.94. The van der Waals surface area contributed by atoms with Crippen LogP contribution in [0.25, 0.3) is 28.0 Å². The highest BCUT2D eigenvalue weighted by atomic mass is 19.2. The summed E-state index contributed by atoms with van der Waals surface area (Å²) >= 11 is 0. The first-order chi connectivity index (χ1) is 20.0. The quantitative estimate of drug-likeness (QED) is 0.190. The third-order valence-electron chi connectivity index (χ3n) is 7.07. The Morgan fingerprint density at radius 3 is 1.95 bits per heavy atom. The van der Waals surface area contributed by atoms with Crippen molar-refractivity contribution in [1.82, 2.24) is 4.48 Å². The molecular weight excluding hydrogens is 515 g/mol. The van der Waals surface area contributed by atoms with E-state index in [1.165, 1.54) is 0 Å². The van der Waals surface area contributed by atoms with E-state index in [-0.39, 0.29) is 5.82 Å². The van der Waals surface area contributed by atoms with Crippen LogP contribution in [-0.2, 0) is 0 Å². The van der Waals surface area contributed by atoms with E-state index in [9.17, 15) is 8.63 Å². The number of rotatable bonds is 7. The number of halogens is 2. The highest BCUT2D eigenvalue weighted by Gasteiger charge is 2.29. The van der Waals surface area contributed by atoms with E-state index >= 15 is 0 Å². The molecule has 6 rings (SSSR count). The van der Waals surface area contributed by atoms with Crippen LogP contribution in [0.1, 0.15) is 16.7 Å². The van der Waals surface area contributed by atoms with Crippen molar-refractivity contribution in [1.29, 1.82) is 0 Å². The van der Waals surface area contributed by atoms with Crippen LogP contribution in [0.3, 0.4) is 0 Å². The second-order valence-corrected chi connectivity index (χ2v) is 9.73. The zero-order valence-electron chi connectivity index (χ0n) is 22.6. The normalized spacial score (nSPS) is 13.7. The molecule has 5 aromatic rings. The van der Waals surface area contributed by atoms with Crippen LogP contribution < -0.4 is 4.74 Å². The lowest BCUT2D eigenvalue weighted by atomic mass is 10.0. The maximum absolute atomic E-state index is 14.9. The van der Waals surface area contributed by atoms with Crippen molar-refractivity contribution in [2.24, 2.45) is 9.98 Å². The molecule has 0 N–H and O–H groups in total. The van der Waals surface area contributed by atoms with Gasteiger partial charge in [0.2, 0.25) is 0 Å². The van der Waals surface area contributed by atoms with Gasteiger partial charge in [0.05, 0.1) is 12.8 Å². The zero-order valence-corrected chi connectivity index (χ0v) is 22.6. The summed E-state index contributed by atoms with van der Waals surface area (Å²) < 4.78 is 36.2. The predicted molar refractivity (Wildman–Crippen MR) is 164 cm³/mol. The van der Waals surface area contributed by atoms with Gasteiger partial charge in [0.1, 0.15) is 11.6 Å². The van der Waals surface area contributed by atoms with Gasteiger partial charge in [-0.15, -0.1) is 0 Å². The van der Waals surface area contributed by atoms with Gasteiger partial charge in [-0.1, -0.05) is 103 Å². The molecule has 0 unspecified atom stereocenters. The predicted octanol–water partition coefficient (Wildman–Crippen LogP) is 8.53. The number of benzene rings is 4. The summed E-state index contributed by atoms with van der Waals surface area (Å²) in [5.41, 5.74) is 6.81. The average molecular weight is 541 g/mol. The van der Waals surface area contributed by atoms with Crippen LogP contribution in [-0.4, -0.2) is 30.5 Å². The van der Waals surface area contributed by atoms with Crippen molar-refractivity contribution in [2.45, 2.75) is 6.92 Å². The van der Waals surface area contributed by atoms with Crippen LogP contribution in [0, 0.1) is 6.92 Å². The molecule has 200 valence electrons.